The first-order valence-corrected chi connectivity index (χ1v) is 9.50. The second-order valence-electron chi connectivity index (χ2n) is 5.67. The molecule has 0 saturated heterocycles. The summed E-state index contributed by atoms with van der Waals surface area (Å²) in [5.41, 5.74) is 2.68. The molecule has 2 aromatic rings. The van der Waals surface area contributed by atoms with Gasteiger partial charge in [0.25, 0.3) is 16.0 Å². The molecule has 0 radical (unpaired) electrons. The lowest BCUT2D eigenvalue weighted by Crippen LogP contribution is -2.45. The van der Waals surface area contributed by atoms with Gasteiger partial charge in [-0.05, 0) is 29.2 Å². The SMILES string of the molecule is CCc1ccccc1-c1ccccc1C(=O)NC(CS(=O)(=O)O)C(=O)O. The first-order valence-electron chi connectivity index (χ1n) is 7.89. The predicted molar refractivity (Wildman–Crippen MR) is 96.6 cm³/mol. The lowest BCUT2D eigenvalue weighted by molar-refractivity contribution is -0.138. The van der Waals surface area contributed by atoms with Gasteiger partial charge in [0, 0.05) is 5.56 Å². The van der Waals surface area contributed by atoms with Crippen molar-refractivity contribution >= 4 is 22.0 Å². The summed E-state index contributed by atoms with van der Waals surface area (Å²) in [6.07, 6.45) is 0.743. The molecule has 0 heterocycles. The van der Waals surface area contributed by atoms with Gasteiger partial charge in [0.2, 0.25) is 0 Å². The van der Waals surface area contributed by atoms with Crippen molar-refractivity contribution in [3.05, 3.63) is 59.7 Å². The van der Waals surface area contributed by atoms with Crippen LogP contribution in [-0.2, 0) is 21.3 Å². The van der Waals surface area contributed by atoms with Crippen LogP contribution < -0.4 is 5.32 Å². The fraction of sp³-hybridized carbons (Fsp3) is 0.222. The zero-order valence-corrected chi connectivity index (χ0v) is 14.9. The van der Waals surface area contributed by atoms with Crippen molar-refractivity contribution in [3.8, 4) is 11.1 Å². The van der Waals surface area contributed by atoms with E-state index in [1.807, 2.05) is 31.2 Å². The second-order valence-corrected chi connectivity index (χ2v) is 7.17. The van der Waals surface area contributed by atoms with Crippen LogP contribution in [0.5, 0.6) is 0 Å². The number of carbonyl (C=O) groups excluding carboxylic acids is 1. The highest BCUT2D eigenvalue weighted by Crippen LogP contribution is 2.27. The Kier molecular flexibility index (Phi) is 6.12. The fourth-order valence-corrected chi connectivity index (χ4v) is 3.28. The average Bonchev–Trinajstić information content (AvgIpc) is 2.59. The minimum atomic E-state index is -4.56. The number of carbonyl (C=O) groups is 2. The number of aryl methyl sites for hydroxylation is 1. The van der Waals surface area contributed by atoms with Crippen LogP contribution in [-0.4, -0.2) is 41.7 Å². The monoisotopic (exact) mass is 377 g/mol. The molecular formula is C18H19NO6S. The van der Waals surface area contributed by atoms with E-state index in [-0.39, 0.29) is 5.56 Å². The van der Waals surface area contributed by atoms with Crippen LogP contribution in [0.3, 0.4) is 0 Å². The van der Waals surface area contributed by atoms with Gasteiger partial charge in [0.15, 0.2) is 0 Å². The molecule has 8 heteroatoms. The van der Waals surface area contributed by atoms with Gasteiger partial charge in [0.05, 0.1) is 0 Å². The molecule has 2 aromatic carbocycles. The van der Waals surface area contributed by atoms with Crippen molar-refractivity contribution in [2.24, 2.45) is 0 Å². The number of nitrogens with one attached hydrogen (secondary N) is 1. The summed E-state index contributed by atoms with van der Waals surface area (Å²) >= 11 is 0. The highest BCUT2D eigenvalue weighted by molar-refractivity contribution is 7.85. The van der Waals surface area contributed by atoms with E-state index in [4.69, 9.17) is 9.66 Å². The Morgan fingerprint density at radius 3 is 2.19 bits per heavy atom. The number of rotatable bonds is 7. The highest BCUT2D eigenvalue weighted by Gasteiger charge is 2.27. The molecular weight excluding hydrogens is 358 g/mol. The van der Waals surface area contributed by atoms with Crippen molar-refractivity contribution in [2.75, 3.05) is 5.75 Å². The lowest BCUT2D eigenvalue weighted by atomic mass is 9.94. The average molecular weight is 377 g/mol. The fourth-order valence-electron chi connectivity index (χ4n) is 2.63. The molecule has 3 N–H and O–H groups in total. The first kappa shape index (κ1) is 19.6. The van der Waals surface area contributed by atoms with Gasteiger partial charge in [-0.2, -0.15) is 8.42 Å². The maximum atomic E-state index is 12.6. The molecule has 0 saturated carbocycles. The van der Waals surface area contributed by atoms with Gasteiger partial charge in [-0.3, -0.25) is 9.35 Å². The molecule has 0 fully saturated rings. The van der Waals surface area contributed by atoms with E-state index in [2.05, 4.69) is 5.32 Å². The van der Waals surface area contributed by atoms with Crippen LogP contribution in [0.15, 0.2) is 48.5 Å². The summed E-state index contributed by atoms with van der Waals surface area (Å²) in [6.45, 7) is 1.98. The van der Waals surface area contributed by atoms with Crippen molar-refractivity contribution in [2.45, 2.75) is 19.4 Å². The summed E-state index contributed by atoms with van der Waals surface area (Å²) in [5, 5.41) is 11.3. The number of hydrogen-bond acceptors (Lipinski definition) is 4. The molecule has 138 valence electrons. The van der Waals surface area contributed by atoms with E-state index in [0.29, 0.717) is 5.56 Å². The molecule has 1 amide bonds. The van der Waals surface area contributed by atoms with Gasteiger partial charge in [0.1, 0.15) is 11.8 Å². The Morgan fingerprint density at radius 2 is 1.62 bits per heavy atom. The Labute approximate surface area is 151 Å². The minimum absolute atomic E-state index is 0.218. The van der Waals surface area contributed by atoms with Crippen LogP contribution >= 0.6 is 0 Å². The van der Waals surface area contributed by atoms with Crippen LogP contribution in [0.2, 0.25) is 0 Å². The molecule has 0 bridgehead atoms. The van der Waals surface area contributed by atoms with E-state index in [1.54, 1.807) is 18.2 Å². The van der Waals surface area contributed by atoms with E-state index in [0.717, 1.165) is 17.5 Å². The number of aliphatic carboxylic acids is 1. The van der Waals surface area contributed by atoms with E-state index in [1.165, 1.54) is 6.07 Å². The van der Waals surface area contributed by atoms with Gasteiger partial charge in [-0.15, -0.1) is 0 Å². The van der Waals surface area contributed by atoms with Crippen molar-refractivity contribution in [3.63, 3.8) is 0 Å². The van der Waals surface area contributed by atoms with Crippen molar-refractivity contribution in [1.29, 1.82) is 0 Å². The third kappa shape index (κ3) is 4.90. The second kappa shape index (κ2) is 8.11. The summed E-state index contributed by atoms with van der Waals surface area (Å²) in [5.74, 6) is -3.40. The summed E-state index contributed by atoms with van der Waals surface area (Å²) in [7, 11) is -4.56. The third-order valence-corrected chi connectivity index (χ3v) is 4.60. The Hall–Kier alpha value is -2.71. The largest absolute Gasteiger partial charge is 0.480 e. The number of carboxylic acids is 1. The zero-order valence-electron chi connectivity index (χ0n) is 14.0. The maximum absolute atomic E-state index is 12.6. The van der Waals surface area contributed by atoms with Crippen LogP contribution in [0.4, 0.5) is 0 Å². The van der Waals surface area contributed by atoms with Gasteiger partial charge < -0.3 is 10.4 Å². The first-order chi connectivity index (χ1) is 12.2. The Morgan fingerprint density at radius 1 is 1.04 bits per heavy atom. The van der Waals surface area contributed by atoms with Crippen molar-refractivity contribution < 1.29 is 27.7 Å². The number of amides is 1. The Balaban J connectivity index is 2.40. The summed E-state index contributed by atoms with van der Waals surface area (Å²) in [4.78, 5) is 23.8. The topological polar surface area (TPSA) is 121 Å². The van der Waals surface area contributed by atoms with Crippen LogP contribution in [0.25, 0.3) is 11.1 Å². The number of hydrogen-bond donors (Lipinski definition) is 3. The molecule has 0 aliphatic carbocycles. The molecule has 1 atom stereocenters. The number of benzene rings is 2. The van der Waals surface area contributed by atoms with Crippen LogP contribution in [0.1, 0.15) is 22.8 Å². The standard InChI is InChI=1S/C18H19NO6S/c1-2-12-7-3-4-8-13(12)14-9-5-6-10-15(14)17(20)19-16(18(21)22)11-26(23,24)25/h3-10,16H,2,11H2,1H3,(H,19,20)(H,21,22)(H,23,24,25). The molecule has 2 rings (SSSR count). The highest BCUT2D eigenvalue weighted by atomic mass is 32.2. The van der Waals surface area contributed by atoms with Gasteiger partial charge >= 0.3 is 5.97 Å². The number of carboxylic acid groups (broad SMARTS) is 1. The molecule has 26 heavy (non-hydrogen) atoms. The minimum Gasteiger partial charge on any atom is -0.480 e. The van der Waals surface area contributed by atoms with Crippen molar-refractivity contribution in [1.82, 2.24) is 5.32 Å². The van der Waals surface area contributed by atoms with E-state index < -0.39 is 33.8 Å². The molecule has 0 aromatic heterocycles. The Bertz CT molecular complexity index is 923. The molecule has 0 aliphatic rings. The third-order valence-electron chi connectivity index (χ3n) is 3.84. The quantitative estimate of drug-likeness (QED) is 0.635. The van der Waals surface area contributed by atoms with Gasteiger partial charge in [-0.25, -0.2) is 4.79 Å². The van der Waals surface area contributed by atoms with E-state index >= 15 is 0 Å². The van der Waals surface area contributed by atoms with E-state index in [9.17, 15) is 18.0 Å². The van der Waals surface area contributed by atoms with Crippen LogP contribution in [0, 0.1) is 0 Å². The zero-order chi connectivity index (χ0) is 19.3. The van der Waals surface area contributed by atoms with Gasteiger partial charge in [-0.1, -0.05) is 49.4 Å². The maximum Gasteiger partial charge on any atom is 0.327 e. The molecule has 1 unspecified atom stereocenters. The normalized spacial score (nSPS) is 12.4. The smallest absolute Gasteiger partial charge is 0.327 e. The summed E-state index contributed by atoms with van der Waals surface area (Å²) < 4.78 is 30.8. The molecule has 7 nitrogen and oxygen atoms in total. The predicted octanol–water partition coefficient (Wildman–Crippen LogP) is 1.99. The summed E-state index contributed by atoms with van der Waals surface area (Å²) in [6, 6.07) is 12.4. The lowest BCUT2D eigenvalue weighted by Gasteiger charge is -2.16. The molecule has 0 aliphatic heterocycles. The molecule has 0 spiro atoms.